The van der Waals surface area contributed by atoms with Crippen LogP contribution in [0.3, 0.4) is 0 Å². The zero-order chi connectivity index (χ0) is 15.2. The van der Waals surface area contributed by atoms with Crippen molar-refractivity contribution in [3.8, 4) is 11.8 Å². The number of nitrogens with zero attached hydrogens (tertiary/aromatic N) is 1. The highest BCUT2D eigenvalue weighted by Gasteiger charge is 2.29. The molecule has 1 saturated carbocycles. The van der Waals surface area contributed by atoms with E-state index in [0.717, 1.165) is 30.4 Å². The molecule has 1 aliphatic rings. The number of hydrogen-bond acceptors (Lipinski definition) is 3. The van der Waals surface area contributed by atoms with Crippen molar-refractivity contribution in [1.29, 1.82) is 0 Å². The van der Waals surface area contributed by atoms with Crippen LogP contribution < -0.4 is 0 Å². The molecule has 2 rings (SSSR count). The second-order valence-electron chi connectivity index (χ2n) is 5.24. The largest absolute Gasteiger partial charge is 0.395 e. The smallest absolute Gasteiger partial charge is 0.254 e. The van der Waals surface area contributed by atoms with Gasteiger partial charge in [0.25, 0.3) is 5.91 Å². The van der Waals surface area contributed by atoms with Crippen molar-refractivity contribution in [3.63, 3.8) is 0 Å². The Hall–Kier alpha value is -1.83. The van der Waals surface area contributed by atoms with Crippen LogP contribution in [0.5, 0.6) is 0 Å². The van der Waals surface area contributed by atoms with Crippen molar-refractivity contribution in [3.05, 3.63) is 34.9 Å². The number of aliphatic hydroxyl groups excluding tert-OH is 2. The van der Waals surface area contributed by atoms with Crippen molar-refractivity contribution in [2.24, 2.45) is 0 Å². The molecule has 2 N–H and O–H groups in total. The third kappa shape index (κ3) is 3.44. The molecule has 0 saturated heterocycles. The first-order valence-electron chi connectivity index (χ1n) is 7.30. The van der Waals surface area contributed by atoms with E-state index in [-0.39, 0.29) is 25.2 Å². The van der Waals surface area contributed by atoms with Crippen LogP contribution in [0.4, 0.5) is 0 Å². The van der Waals surface area contributed by atoms with Crippen molar-refractivity contribution in [2.45, 2.75) is 32.2 Å². The Morgan fingerprint density at radius 1 is 1.38 bits per heavy atom. The molecule has 0 atom stereocenters. The Balaban J connectivity index is 2.28. The molecule has 0 heterocycles. The molecule has 1 aliphatic carbocycles. The van der Waals surface area contributed by atoms with Crippen LogP contribution >= 0.6 is 0 Å². The van der Waals surface area contributed by atoms with E-state index < -0.39 is 0 Å². The highest BCUT2D eigenvalue weighted by atomic mass is 16.3. The topological polar surface area (TPSA) is 60.8 Å². The van der Waals surface area contributed by atoms with Crippen LogP contribution in [0.25, 0.3) is 0 Å². The Morgan fingerprint density at radius 3 is 2.71 bits per heavy atom. The van der Waals surface area contributed by atoms with Gasteiger partial charge in [0.1, 0.15) is 6.61 Å². The van der Waals surface area contributed by atoms with Gasteiger partial charge < -0.3 is 15.1 Å². The Morgan fingerprint density at radius 2 is 2.14 bits per heavy atom. The number of rotatable bonds is 4. The van der Waals surface area contributed by atoms with Crippen LogP contribution in [-0.4, -0.2) is 46.8 Å². The van der Waals surface area contributed by atoms with Gasteiger partial charge in [-0.15, -0.1) is 0 Å². The lowest BCUT2D eigenvalue weighted by Crippen LogP contribution is -2.45. The Kier molecular flexibility index (Phi) is 5.38. The summed E-state index contributed by atoms with van der Waals surface area (Å²) in [6.45, 7) is 2.02. The molecule has 0 unspecified atom stereocenters. The van der Waals surface area contributed by atoms with Gasteiger partial charge in [0, 0.05) is 23.7 Å². The average Bonchev–Trinajstić information content (AvgIpc) is 2.43. The maximum atomic E-state index is 12.7. The number of amides is 1. The summed E-state index contributed by atoms with van der Waals surface area (Å²) in [5.74, 6) is 5.43. The zero-order valence-corrected chi connectivity index (χ0v) is 12.3. The summed E-state index contributed by atoms with van der Waals surface area (Å²) >= 11 is 0. The number of aliphatic hydroxyl groups is 2. The molecule has 4 heteroatoms. The van der Waals surface area contributed by atoms with Crippen molar-refractivity contribution in [1.82, 2.24) is 4.90 Å². The fourth-order valence-electron chi connectivity index (χ4n) is 2.55. The summed E-state index contributed by atoms with van der Waals surface area (Å²) in [4.78, 5) is 14.5. The van der Waals surface area contributed by atoms with Crippen LogP contribution in [0.2, 0.25) is 0 Å². The average molecular weight is 287 g/mol. The van der Waals surface area contributed by atoms with Crippen LogP contribution in [-0.2, 0) is 0 Å². The number of benzene rings is 1. The van der Waals surface area contributed by atoms with Crippen LogP contribution in [0, 0.1) is 18.8 Å². The second kappa shape index (κ2) is 7.26. The summed E-state index contributed by atoms with van der Waals surface area (Å²) in [7, 11) is 0. The van der Waals surface area contributed by atoms with E-state index in [1.54, 1.807) is 17.0 Å². The molecule has 0 radical (unpaired) electrons. The number of carbonyl (C=O) groups is 1. The molecule has 1 amide bonds. The minimum Gasteiger partial charge on any atom is -0.395 e. The normalized spacial score (nSPS) is 14.0. The van der Waals surface area contributed by atoms with E-state index in [4.69, 9.17) is 5.11 Å². The van der Waals surface area contributed by atoms with Gasteiger partial charge in [0.05, 0.1) is 6.61 Å². The molecule has 4 nitrogen and oxygen atoms in total. The van der Waals surface area contributed by atoms with Gasteiger partial charge in [-0.1, -0.05) is 17.9 Å². The SMILES string of the molecule is Cc1c(C#CCO)cccc1C(=O)N(CCO)C1CCC1. The molecular formula is C17H21NO3. The molecule has 0 spiro atoms. The standard InChI is InChI=1S/C17H21NO3/c1-13-14(6-4-11-19)5-2-9-16(13)17(21)18(10-12-20)15-7-3-8-15/h2,5,9,15,19-20H,3,7-8,10-12H2,1H3. The summed E-state index contributed by atoms with van der Waals surface area (Å²) in [6.07, 6.45) is 3.16. The lowest BCUT2D eigenvalue weighted by atomic mass is 9.90. The first-order chi connectivity index (χ1) is 10.2. The molecule has 0 aromatic heterocycles. The lowest BCUT2D eigenvalue weighted by Gasteiger charge is -2.37. The first-order valence-corrected chi connectivity index (χ1v) is 7.30. The van der Waals surface area contributed by atoms with Gasteiger partial charge in [0.2, 0.25) is 0 Å². The van der Waals surface area contributed by atoms with Crippen molar-refractivity contribution in [2.75, 3.05) is 19.8 Å². The van der Waals surface area contributed by atoms with Gasteiger partial charge >= 0.3 is 0 Å². The molecule has 21 heavy (non-hydrogen) atoms. The summed E-state index contributed by atoms with van der Waals surface area (Å²) in [5, 5.41) is 18.0. The van der Waals surface area contributed by atoms with Gasteiger partial charge in [-0.2, -0.15) is 0 Å². The number of carbonyl (C=O) groups excluding carboxylic acids is 1. The van der Waals surface area contributed by atoms with Crippen LogP contribution in [0.1, 0.15) is 40.7 Å². The van der Waals surface area contributed by atoms with E-state index >= 15 is 0 Å². The molecular weight excluding hydrogens is 266 g/mol. The summed E-state index contributed by atoms with van der Waals surface area (Å²) < 4.78 is 0. The summed E-state index contributed by atoms with van der Waals surface area (Å²) in [5.41, 5.74) is 2.21. The molecule has 1 fully saturated rings. The van der Waals surface area contributed by atoms with Gasteiger partial charge in [-0.05, 0) is 43.9 Å². The van der Waals surface area contributed by atoms with E-state index in [1.807, 2.05) is 13.0 Å². The van der Waals surface area contributed by atoms with Gasteiger partial charge in [-0.25, -0.2) is 0 Å². The fourth-order valence-corrected chi connectivity index (χ4v) is 2.55. The lowest BCUT2D eigenvalue weighted by molar-refractivity contribution is 0.0525. The van der Waals surface area contributed by atoms with Crippen LogP contribution in [0.15, 0.2) is 18.2 Å². The Labute approximate surface area is 125 Å². The van der Waals surface area contributed by atoms with E-state index in [0.29, 0.717) is 12.1 Å². The fraction of sp³-hybridized carbons (Fsp3) is 0.471. The third-order valence-corrected chi connectivity index (χ3v) is 3.98. The predicted molar refractivity (Wildman–Crippen MR) is 80.9 cm³/mol. The molecule has 1 aromatic carbocycles. The van der Waals surface area contributed by atoms with Gasteiger partial charge in [0.15, 0.2) is 0 Å². The van der Waals surface area contributed by atoms with Gasteiger partial charge in [-0.3, -0.25) is 4.79 Å². The Bertz CT molecular complexity index is 567. The minimum absolute atomic E-state index is 0.0225. The maximum absolute atomic E-state index is 12.7. The quantitative estimate of drug-likeness (QED) is 0.821. The molecule has 0 aliphatic heterocycles. The highest BCUT2D eigenvalue weighted by Crippen LogP contribution is 2.27. The van der Waals surface area contributed by atoms with E-state index in [1.165, 1.54) is 0 Å². The second-order valence-corrected chi connectivity index (χ2v) is 5.24. The minimum atomic E-state index is -0.198. The molecule has 0 bridgehead atoms. The number of hydrogen-bond donors (Lipinski definition) is 2. The van der Waals surface area contributed by atoms with E-state index in [2.05, 4.69) is 11.8 Å². The predicted octanol–water partition coefficient (Wildman–Crippen LogP) is 1.33. The van der Waals surface area contributed by atoms with Crippen molar-refractivity contribution >= 4 is 5.91 Å². The third-order valence-electron chi connectivity index (χ3n) is 3.98. The van der Waals surface area contributed by atoms with Crippen molar-refractivity contribution < 1.29 is 15.0 Å². The summed E-state index contributed by atoms with van der Waals surface area (Å²) in [6, 6.07) is 5.69. The monoisotopic (exact) mass is 287 g/mol. The highest BCUT2D eigenvalue weighted by molar-refractivity contribution is 5.96. The maximum Gasteiger partial charge on any atom is 0.254 e. The molecule has 112 valence electrons. The molecule has 1 aromatic rings. The van der Waals surface area contributed by atoms with E-state index in [9.17, 15) is 9.90 Å². The first kappa shape index (κ1) is 15.6. The zero-order valence-electron chi connectivity index (χ0n) is 12.3.